The normalized spacial score (nSPS) is 28.7. The van der Waals surface area contributed by atoms with Crippen LogP contribution in [0, 0.1) is 3.57 Å². The molecule has 2 saturated heterocycles. The molecule has 2 aromatic rings. The van der Waals surface area contributed by atoms with Crippen LogP contribution < -0.4 is 0 Å². The Labute approximate surface area is 194 Å². The molecule has 8 heteroatoms. The Kier molecular flexibility index (Phi) is 6.08. The number of hydrogen-bond donors (Lipinski definition) is 0. The molecule has 0 aliphatic carbocycles. The van der Waals surface area contributed by atoms with Crippen molar-refractivity contribution in [3.63, 3.8) is 0 Å². The Bertz CT molecular complexity index is 977. The van der Waals surface area contributed by atoms with Gasteiger partial charge in [-0.2, -0.15) is 0 Å². The molecule has 0 amide bonds. The summed E-state index contributed by atoms with van der Waals surface area (Å²) >= 11 is 2.08. The molecule has 0 radical (unpaired) electrons. The Morgan fingerprint density at radius 2 is 1.65 bits per heavy atom. The minimum absolute atomic E-state index is 0.122. The zero-order valence-electron chi connectivity index (χ0n) is 17.4. The number of carbonyl (C=O) groups excluding carboxylic acids is 2. The first-order valence-electron chi connectivity index (χ1n) is 9.91. The van der Waals surface area contributed by atoms with Crippen molar-refractivity contribution in [3.05, 3.63) is 69.3 Å². The smallest absolute Gasteiger partial charge is 0.339 e. The van der Waals surface area contributed by atoms with Crippen molar-refractivity contribution in [1.82, 2.24) is 0 Å². The topological polar surface area (TPSA) is 80.3 Å². The molecule has 2 fully saturated rings. The average molecular weight is 538 g/mol. The van der Waals surface area contributed by atoms with Gasteiger partial charge >= 0.3 is 11.9 Å². The Hall–Kier alpha value is -2.01. The molecule has 164 valence electrons. The third-order valence-electron chi connectivity index (χ3n) is 5.34. The second-order valence-corrected chi connectivity index (χ2v) is 9.23. The van der Waals surface area contributed by atoms with E-state index in [1.807, 2.05) is 18.2 Å². The van der Waals surface area contributed by atoms with Crippen LogP contribution in [0.4, 0.5) is 0 Å². The van der Waals surface area contributed by atoms with Gasteiger partial charge in [0.2, 0.25) is 0 Å². The van der Waals surface area contributed by atoms with E-state index in [4.69, 9.17) is 23.7 Å². The predicted octanol–water partition coefficient (Wildman–Crippen LogP) is 3.94. The van der Waals surface area contributed by atoms with E-state index in [1.54, 1.807) is 57.2 Å². The molecule has 0 N–H and O–H groups in total. The van der Waals surface area contributed by atoms with E-state index in [2.05, 4.69) is 22.6 Å². The summed E-state index contributed by atoms with van der Waals surface area (Å²) in [7, 11) is 0. The fourth-order valence-electron chi connectivity index (χ4n) is 3.71. The Morgan fingerprint density at radius 1 is 0.968 bits per heavy atom. The van der Waals surface area contributed by atoms with Crippen molar-refractivity contribution < 1.29 is 33.3 Å². The van der Waals surface area contributed by atoms with Crippen molar-refractivity contribution >= 4 is 34.5 Å². The van der Waals surface area contributed by atoms with E-state index in [9.17, 15) is 9.59 Å². The first-order chi connectivity index (χ1) is 14.7. The standard InChI is InChI=1S/C23H23IO7/c1-22(2)29-18-21(31-22)28-17(13-27-20(26)15-11-7-8-12-16(15)24)23(18,3)30-19(25)14-9-5-4-6-10-14/h4-12,17-18,21H,13H2,1-3H3/t17-,18?,21-,23?/m0/s1. The first-order valence-corrected chi connectivity index (χ1v) is 11.0. The highest BCUT2D eigenvalue weighted by atomic mass is 127. The van der Waals surface area contributed by atoms with Gasteiger partial charge in [0.05, 0.1) is 11.1 Å². The lowest BCUT2D eigenvalue weighted by Gasteiger charge is -2.34. The molecule has 2 unspecified atom stereocenters. The van der Waals surface area contributed by atoms with Crippen molar-refractivity contribution in [2.75, 3.05) is 6.61 Å². The summed E-state index contributed by atoms with van der Waals surface area (Å²) in [5.41, 5.74) is -0.368. The van der Waals surface area contributed by atoms with Gasteiger partial charge in [0.25, 0.3) is 0 Å². The van der Waals surface area contributed by atoms with Gasteiger partial charge in [-0.05, 0) is 67.6 Å². The maximum atomic E-state index is 12.8. The first kappa shape index (κ1) is 22.2. The lowest BCUT2D eigenvalue weighted by Crippen LogP contribution is -2.51. The maximum Gasteiger partial charge on any atom is 0.339 e. The van der Waals surface area contributed by atoms with Crippen molar-refractivity contribution in [2.24, 2.45) is 0 Å². The van der Waals surface area contributed by atoms with Crippen LogP contribution in [0.2, 0.25) is 0 Å². The number of fused-ring (bicyclic) bond motifs is 1. The molecule has 2 aliphatic rings. The van der Waals surface area contributed by atoms with Crippen LogP contribution >= 0.6 is 22.6 Å². The van der Waals surface area contributed by atoms with Crippen LogP contribution in [0.5, 0.6) is 0 Å². The minimum atomic E-state index is -1.23. The van der Waals surface area contributed by atoms with E-state index in [-0.39, 0.29) is 6.61 Å². The third-order valence-corrected chi connectivity index (χ3v) is 6.28. The van der Waals surface area contributed by atoms with Crippen LogP contribution in [-0.2, 0) is 23.7 Å². The lowest BCUT2D eigenvalue weighted by atomic mass is 9.94. The van der Waals surface area contributed by atoms with E-state index < -0.39 is 41.8 Å². The number of esters is 2. The molecule has 0 aromatic heterocycles. The molecular weight excluding hydrogens is 515 g/mol. The van der Waals surface area contributed by atoms with Crippen LogP contribution in [0.1, 0.15) is 41.5 Å². The molecule has 2 aromatic carbocycles. The lowest BCUT2D eigenvalue weighted by molar-refractivity contribution is -0.230. The number of carbonyl (C=O) groups is 2. The number of halogens is 1. The molecule has 0 saturated carbocycles. The van der Waals surface area contributed by atoms with E-state index >= 15 is 0 Å². The highest BCUT2D eigenvalue weighted by Gasteiger charge is 2.64. The Morgan fingerprint density at radius 3 is 2.35 bits per heavy atom. The van der Waals surface area contributed by atoms with Gasteiger partial charge in [-0.3, -0.25) is 0 Å². The number of ether oxygens (including phenoxy) is 5. The van der Waals surface area contributed by atoms with Gasteiger partial charge < -0.3 is 23.7 Å². The Balaban J connectivity index is 1.53. The summed E-state index contributed by atoms with van der Waals surface area (Å²) < 4.78 is 30.0. The van der Waals surface area contributed by atoms with Gasteiger partial charge in [0.1, 0.15) is 12.7 Å². The quantitative estimate of drug-likeness (QED) is 0.422. The van der Waals surface area contributed by atoms with Crippen molar-refractivity contribution in [1.29, 1.82) is 0 Å². The van der Waals surface area contributed by atoms with Crippen molar-refractivity contribution in [2.45, 2.75) is 50.7 Å². The van der Waals surface area contributed by atoms with Gasteiger partial charge in [-0.25, -0.2) is 9.59 Å². The summed E-state index contributed by atoms with van der Waals surface area (Å²) in [6.45, 7) is 5.12. The molecule has 4 atom stereocenters. The number of hydrogen-bond acceptors (Lipinski definition) is 7. The van der Waals surface area contributed by atoms with Crippen LogP contribution in [0.3, 0.4) is 0 Å². The van der Waals surface area contributed by atoms with E-state index in [0.717, 1.165) is 3.57 Å². The fraction of sp³-hybridized carbons (Fsp3) is 0.391. The molecule has 7 nitrogen and oxygen atoms in total. The fourth-order valence-corrected chi connectivity index (χ4v) is 4.32. The summed E-state index contributed by atoms with van der Waals surface area (Å²) in [6.07, 6.45) is -2.18. The third kappa shape index (κ3) is 4.48. The second-order valence-electron chi connectivity index (χ2n) is 8.07. The van der Waals surface area contributed by atoms with Gasteiger partial charge in [-0.15, -0.1) is 0 Å². The van der Waals surface area contributed by atoms with Crippen LogP contribution in [0.25, 0.3) is 0 Å². The molecule has 2 aliphatic heterocycles. The minimum Gasteiger partial charge on any atom is -0.459 e. The highest BCUT2D eigenvalue weighted by molar-refractivity contribution is 14.1. The summed E-state index contributed by atoms with van der Waals surface area (Å²) in [5, 5.41) is 0. The van der Waals surface area contributed by atoms with Crippen molar-refractivity contribution in [3.8, 4) is 0 Å². The average Bonchev–Trinajstić information content (AvgIpc) is 3.17. The van der Waals surface area contributed by atoms with Gasteiger partial charge in [-0.1, -0.05) is 30.3 Å². The monoisotopic (exact) mass is 538 g/mol. The summed E-state index contributed by atoms with van der Waals surface area (Å²) in [6, 6.07) is 15.8. The second kappa shape index (κ2) is 8.50. The predicted molar refractivity (Wildman–Crippen MR) is 118 cm³/mol. The molecular formula is C23H23IO7. The number of benzene rings is 2. The zero-order valence-corrected chi connectivity index (χ0v) is 19.5. The molecule has 2 heterocycles. The zero-order chi connectivity index (χ0) is 22.2. The SMILES string of the molecule is CC1(C)OC2[C@@H](O[C@@H](COC(=O)c3ccccc3I)C2(C)OC(=O)c2ccccc2)O1. The van der Waals surface area contributed by atoms with Gasteiger partial charge in [0.15, 0.2) is 23.8 Å². The van der Waals surface area contributed by atoms with Crippen LogP contribution in [0.15, 0.2) is 54.6 Å². The molecule has 0 spiro atoms. The molecule has 4 rings (SSSR count). The molecule has 0 bridgehead atoms. The summed E-state index contributed by atoms with van der Waals surface area (Å²) in [4.78, 5) is 25.4. The largest absolute Gasteiger partial charge is 0.459 e. The summed E-state index contributed by atoms with van der Waals surface area (Å²) in [5.74, 6) is -1.89. The molecule has 31 heavy (non-hydrogen) atoms. The van der Waals surface area contributed by atoms with Crippen LogP contribution in [-0.4, -0.2) is 48.4 Å². The highest BCUT2D eigenvalue weighted by Crippen LogP contribution is 2.45. The van der Waals surface area contributed by atoms with E-state index in [0.29, 0.717) is 11.1 Å². The number of rotatable bonds is 5. The van der Waals surface area contributed by atoms with Gasteiger partial charge in [0, 0.05) is 3.57 Å². The van der Waals surface area contributed by atoms with E-state index in [1.165, 1.54) is 0 Å². The maximum absolute atomic E-state index is 12.8.